The highest BCUT2D eigenvalue weighted by atomic mass is 16.5. The normalized spacial score (nSPS) is 28.5. The van der Waals surface area contributed by atoms with Crippen LogP contribution in [0.25, 0.3) is 0 Å². The summed E-state index contributed by atoms with van der Waals surface area (Å²) in [7, 11) is 0. The number of ether oxygens (including phenoxy) is 1. The van der Waals surface area contributed by atoms with Crippen molar-refractivity contribution in [1.82, 2.24) is 10.6 Å². The van der Waals surface area contributed by atoms with E-state index in [-0.39, 0.29) is 12.0 Å². The van der Waals surface area contributed by atoms with E-state index in [4.69, 9.17) is 4.74 Å². The van der Waals surface area contributed by atoms with Gasteiger partial charge in [-0.05, 0) is 12.8 Å². The first kappa shape index (κ1) is 8.97. The highest BCUT2D eigenvalue weighted by Crippen LogP contribution is 2.28. The number of hydrogen-bond acceptors (Lipinski definition) is 3. The SMILES string of the molecule is O=C(NCC1CNCCO1)C1CC1. The van der Waals surface area contributed by atoms with Crippen LogP contribution >= 0.6 is 0 Å². The molecule has 13 heavy (non-hydrogen) atoms. The van der Waals surface area contributed by atoms with E-state index in [1.807, 2.05) is 0 Å². The standard InChI is InChI=1S/C9H16N2O2/c12-9(7-1-2-7)11-6-8-5-10-3-4-13-8/h7-8,10H,1-6H2,(H,11,12). The first-order valence-electron chi connectivity index (χ1n) is 4.96. The molecule has 2 N–H and O–H groups in total. The first-order chi connectivity index (χ1) is 6.36. The summed E-state index contributed by atoms with van der Waals surface area (Å²) in [6.07, 6.45) is 2.29. The Morgan fingerprint density at radius 2 is 2.38 bits per heavy atom. The van der Waals surface area contributed by atoms with E-state index in [2.05, 4.69) is 10.6 Å². The smallest absolute Gasteiger partial charge is 0.223 e. The molecule has 4 heteroatoms. The Morgan fingerprint density at radius 3 is 3.00 bits per heavy atom. The van der Waals surface area contributed by atoms with E-state index in [0.29, 0.717) is 12.5 Å². The van der Waals surface area contributed by atoms with E-state index in [0.717, 1.165) is 32.5 Å². The molecule has 2 aliphatic rings. The molecule has 1 atom stereocenters. The summed E-state index contributed by atoms with van der Waals surface area (Å²) in [6, 6.07) is 0. The molecule has 1 aliphatic heterocycles. The Morgan fingerprint density at radius 1 is 1.54 bits per heavy atom. The second-order valence-electron chi connectivity index (χ2n) is 3.72. The number of amides is 1. The van der Waals surface area contributed by atoms with Crippen LogP contribution in [0.1, 0.15) is 12.8 Å². The summed E-state index contributed by atoms with van der Waals surface area (Å²) in [5.41, 5.74) is 0. The van der Waals surface area contributed by atoms with Crippen LogP contribution < -0.4 is 10.6 Å². The van der Waals surface area contributed by atoms with Gasteiger partial charge in [0.25, 0.3) is 0 Å². The van der Waals surface area contributed by atoms with Crippen molar-refractivity contribution < 1.29 is 9.53 Å². The average molecular weight is 184 g/mol. The molecule has 2 fully saturated rings. The Balaban J connectivity index is 1.62. The van der Waals surface area contributed by atoms with Crippen molar-refractivity contribution in [2.45, 2.75) is 18.9 Å². The van der Waals surface area contributed by atoms with Gasteiger partial charge in [-0.1, -0.05) is 0 Å². The zero-order chi connectivity index (χ0) is 9.10. The quantitative estimate of drug-likeness (QED) is 0.622. The third kappa shape index (κ3) is 2.67. The van der Waals surface area contributed by atoms with Crippen LogP contribution in [0.2, 0.25) is 0 Å². The van der Waals surface area contributed by atoms with Gasteiger partial charge in [-0.2, -0.15) is 0 Å². The molecule has 1 amide bonds. The van der Waals surface area contributed by atoms with E-state index in [9.17, 15) is 4.79 Å². The van der Waals surface area contributed by atoms with Crippen LogP contribution in [0.4, 0.5) is 0 Å². The van der Waals surface area contributed by atoms with Crippen LogP contribution in [0.5, 0.6) is 0 Å². The summed E-state index contributed by atoms with van der Waals surface area (Å²) in [5.74, 6) is 0.505. The van der Waals surface area contributed by atoms with Crippen molar-refractivity contribution in [3.8, 4) is 0 Å². The summed E-state index contributed by atoms with van der Waals surface area (Å²) in [4.78, 5) is 11.3. The summed E-state index contributed by atoms with van der Waals surface area (Å²) in [6.45, 7) is 3.18. The molecule has 1 saturated carbocycles. The lowest BCUT2D eigenvalue weighted by Gasteiger charge is -2.23. The Bertz CT molecular complexity index is 186. The second-order valence-corrected chi connectivity index (χ2v) is 3.72. The molecule has 0 aromatic rings. The molecule has 0 aromatic carbocycles. The van der Waals surface area contributed by atoms with E-state index >= 15 is 0 Å². The first-order valence-corrected chi connectivity index (χ1v) is 4.96. The number of nitrogens with one attached hydrogen (secondary N) is 2. The third-order valence-electron chi connectivity index (χ3n) is 2.46. The number of rotatable bonds is 3. The highest BCUT2D eigenvalue weighted by molar-refractivity contribution is 5.80. The lowest BCUT2D eigenvalue weighted by atomic mass is 10.3. The minimum atomic E-state index is 0.163. The van der Waals surface area contributed by atoms with Crippen LogP contribution in [-0.2, 0) is 9.53 Å². The van der Waals surface area contributed by atoms with Gasteiger partial charge < -0.3 is 15.4 Å². The summed E-state index contributed by atoms with van der Waals surface area (Å²) >= 11 is 0. The molecule has 1 heterocycles. The van der Waals surface area contributed by atoms with Gasteiger partial charge in [0.2, 0.25) is 5.91 Å². The predicted molar refractivity (Wildman–Crippen MR) is 48.3 cm³/mol. The fraction of sp³-hybridized carbons (Fsp3) is 0.889. The maximum absolute atomic E-state index is 11.3. The number of carbonyl (C=O) groups is 1. The molecule has 74 valence electrons. The van der Waals surface area contributed by atoms with Crippen molar-refractivity contribution in [3.63, 3.8) is 0 Å². The molecule has 4 nitrogen and oxygen atoms in total. The van der Waals surface area contributed by atoms with Crippen molar-refractivity contribution in [3.05, 3.63) is 0 Å². The van der Waals surface area contributed by atoms with Crippen molar-refractivity contribution in [2.75, 3.05) is 26.2 Å². The monoisotopic (exact) mass is 184 g/mol. The van der Waals surface area contributed by atoms with Crippen LogP contribution in [0.3, 0.4) is 0 Å². The van der Waals surface area contributed by atoms with Gasteiger partial charge in [0.15, 0.2) is 0 Å². The molecule has 0 radical (unpaired) electrons. The topological polar surface area (TPSA) is 50.4 Å². The average Bonchev–Trinajstić information content (AvgIpc) is 2.99. The molecule has 1 unspecified atom stereocenters. The number of morpholine rings is 1. The summed E-state index contributed by atoms with van der Waals surface area (Å²) in [5, 5.41) is 6.14. The van der Waals surface area contributed by atoms with Crippen molar-refractivity contribution in [1.29, 1.82) is 0 Å². The minimum absolute atomic E-state index is 0.163. The van der Waals surface area contributed by atoms with E-state index in [1.54, 1.807) is 0 Å². The third-order valence-corrected chi connectivity index (χ3v) is 2.46. The van der Waals surface area contributed by atoms with Gasteiger partial charge in [-0.3, -0.25) is 4.79 Å². The molecule has 0 bridgehead atoms. The van der Waals surface area contributed by atoms with Gasteiger partial charge in [0.1, 0.15) is 0 Å². The van der Waals surface area contributed by atoms with Crippen LogP contribution in [0, 0.1) is 5.92 Å². The zero-order valence-electron chi connectivity index (χ0n) is 7.71. The molecular formula is C9H16N2O2. The van der Waals surface area contributed by atoms with Crippen molar-refractivity contribution in [2.24, 2.45) is 5.92 Å². The van der Waals surface area contributed by atoms with E-state index in [1.165, 1.54) is 0 Å². The Labute approximate surface area is 78.0 Å². The lowest BCUT2D eigenvalue weighted by molar-refractivity contribution is -0.123. The number of hydrogen-bond donors (Lipinski definition) is 2. The predicted octanol–water partition coefficient (Wildman–Crippen LogP) is -0.499. The summed E-state index contributed by atoms with van der Waals surface area (Å²) < 4.78 is 5.45. The van der Waals surface area contributed by atoms with E-state index < -0.39 is 0 Å². The minimum Gasteiger partial charge on any atom is -0.374 e. The Hall–Kier alpha value is -0.610. The molecule has 0 aromatic heterocycles. The van der Waals surface area contributed by atoms with Crippen molar-refractivity contribution >= 4 is 5.91 Å². The fourth-order valence-corrected chi connectivity index (χ4v) is 1.46. The highest BCUT2D eigenvalue weighted by Gasteiger charge is 2.29. The van der Waals surface area contributed by atoms with Gasteiger partial charge >= 0.3 is 0 Å². The molecule has 1 aliphatic carbocycles. The maximum atomic E-state index is 11.3. The lowest BCUT2D eigenvalue weighted by Crippen LogP contribution is -2.45. The fourth-order valence-electron chi connectivity index (χ4n) is 1.46. The number of carbonyl (C=O) groups excluding carboxylic acids is 1. The zero-order valence-corrected chi connectivity index (χ0v) is 7.71. The van der Waals surface area contributed by atoms with Gasteiger partial charge in [-0.25, -0.2) is 0 Å². The molecular weight excluding hydrogens is 168 g/mol. The van der Waals surface area contributed by atoms with Crippen LogP contribution in [0.15, 0.2) is 0 Å². The molecule has 1 saturated heterocycles. The van der Waals surface area contributed by atoms with Gasteiger partial charge in [0.05, 0.1) is 12.7 Å². The largest absolute Gasteiger partial charge is 0.374 e. The Kier molecular flexibility index (Phi) is 2.80. The van der Waals surface area contributed by atoms with Gasteiger partial charge in [0, 0.05) is 25.6 Å². The van der Waals surface area contributed by atoms with Gasteiger partial charge in [-0.15, -0.1) is 0 Å². The molecule has 0 spiro atoms. The maximum Gasteiger partial charge on any atom is 0.223 e. The van der Waals surface area contributed by atoms with Crippen LogP contribution in [-0.4, -0.2) is 38.3 Å². The molecule has 2 rings (SSSR count). The second kappa shape index (κ2) is 4.07.